The first kappa shape index (κ1) is 13.0. The predicted octanol–water partition coefficient (Wildman–Crippen LogP) is 2.35. The van der Waals surface area contributed by atoms with Crippen LogP contribution in [0.15, 0.2) is 12.1 Å². The molecule has 92 valence electrons. The molecule has 0 aliphatic rings. The number of halogens is 1. The van der Waals surface area contributed by atoms with Gasteiger partial charge in [-0.25, -0.2) is 4.79 Å². The van der Waals surface area contributed by atoms with E-state index in [0.29, 0.717) is 0 Å². The van der Waals surface area contributed by atoms with Gasteiger partial charge in [-0.2, -0.15) is 0 Å². The number of carbonyl (C=O) groups excluding carboxylic acids is 1. The van der Waals surface area contributed by atoms with Gasteiger partial charge in [-0.3, -0.25) is 10.1 Å². The van der Waals surface area contributed by atoms with Crippen LogP contribution in [0.3, 0.4) is 0 Å². The summed E-state index contributed by atoms with van der Waals surface area (Å²) < 4.78 is 14.3. The number of rotatable bonds is 4. The van der Waals surface area contributed by atoms with Crippen molar-refractivity contribution in [2.75, 3.05) is 14.2 Å². The van der Waals surface area contributed by atoms with E-state index in [9.17, 15) is 14.9 Å². The minimum Gasteiger partial charge on any atom is -0.493 e. The number of methoxy groups -OCH3 is 2. The van der Waals surface area contributed by atoms with E-state index in [2.05, 4.69) is 4.74 Å². The summed E-state index contributed by atoms with van der Waals surface area (Å²) in [6, 6.07) is 2.23. The summed E-state index contributed by atoms with van der Waals surface area (Å²) in [4.78, 5) is 20.6. The highest BCUT2D eigenvalue weighted by Crippen LogP contribution is 2.39. The van der Waals surface area contributed by atoms with Gasteiger partial charge in [-0.1, -0.05) is 0 Å². The number of nitrogens with zero attached hydrogens (tertiary/aromatic N) is 1. The lowest BCUT2D eigenvalue weighted by atomic mass is 10.2. The number of nitro groups is 1. The molecule has 0 atom stereocenters. The summed E-state index contributed by atoms with van der Waals surface area (Å²) in [6.07, 6.45) is 0. The number of carbonyl (C=O) groups is 1. The SMILES string of the molecule is COc1cc(OC(=O)Cl)c([N+](=O)[O-])cc1OC. The van der Waals surface area contributed by atoms with Crippen LogP contribution in [0.2, 0.25) is 0 Å². The molecule has 7 nitrogen and oxygen atoms in total. The Bertz CT molecular complexity index is 461. The maximum atomic E-state index is 10.7. The summed E-state index contributed by atoms with van der Waals surface area (Å²) in [5.74, 6) is 0.0206. The molecule has 0 fully saturated rings. The molecule has 0 bridgehead atoms. The molecule has 0 aromatic heterocycles. The van der Waals surface area contributed by atoms with Gasteiger partial charge in [0.1, 0.15) is 0 Å². The van der Waals surface area contributed by atoms with Crippen LogP contribution in [0.25, 0.3) is 0 Å². The van der Waals surface area contributed by atoms with Gasteiger partial charge < -0.3 is 14.2 Å². The van der Waals surface area contributed by atoms with Crippen molar-refractivity contribution in [1.82, 2.24) is 0 Å². The van der Waals surface area contributed by atoms with Crippen molar-refractivity contribution in [3.05, 3.63) is 22.2 Å². The first-order chi connectivity index (χ1) is 7.99. The van der Waals surface area contributed by atoms with E-state index in [4.69, 9.17) is 21.1 Å². The average molecular weight is 262 g/mol. The van der Waals surface area contributed by atoms with Crippen molar-refractivity contribution in [3.8, 4) is 17.2 Å². The van der Waals surface area contributed by atoms with Gasteiger partial charge in [0.05, 0.1) is 25.2 Å². The van der Waals surface area contributed by atoms with Crippen molar-refractivity contribution in [1.29, 1.82) is 0 Å². The highest BCUT2D eigenvalue weighted by Gasteiger charge is 2.22. The third-order valence-corrected chi connectivity index (χ3v) is 1.93. The van der Waals surface area contributed by atoms with Gasteiger partial charge in [-0.05, 0) is 0 Å². The zero-order valence-electron chi connectivity index (χ0n) is 8.93. The third kappa shape index (κ3) is 2.97. The van der Waals surface area contributed by atoms with Crippen molar-refractivity contribution >= 4 is 22.7 Å². The molecule has 0 amide bonds. The highest BCUT2D eigenvalue weighted by molar-refractivity contribution is 6.61. The lowest BCUT2D eigenvalue weighted by Crippen LogP contribution is -2.02. The predicted molar refractivity (Wildman–Crippen MR) is 58.1 cm³/mol. The summed E-state index contributed by atoms with van der Waals surface area (Å²) in [7, 11) is 2.67. The van der Waals surface area contributed by atoms with Gasteiger partial charge in [0.15, 0.2) is 11.5 Å². The molecule has 0 saturated heterocycles. The summed E-state index contributed by atoms with van der Waals surface area (Å²) in [6.45, 7) is 0. The van der Waals surface area contributed by atoms with E-state index in [1.807, 2.05) is 0 Å². The fourth-order valence-electron chi connectivity index (χ4n) is 1.16. The molecule has 1 aromatic rings. The van der Waals surface area contributed by atoms with E-state index in [1.165, 1.54) is 14.2 Å². The van der Waals surface area contributed by atoms with Crippen LogP contribution in [0.5, 0.6) is 17.2 Å². The normalized spacial score (nSPS) is 9.59. The number of benzene rings is 1. The molecule has 0 aliphatic heterocycles. The van der Waals surface area contributed by atoms with Crippen molar-refractivity contribution < 1.29 is 23.9 Å². The summed E-state index contributed by atoms with van der Waals surface area (Å²) in [5.41, 5.74) is -1.63. The second-order valence-corrected chi connectivity index (χ2v) is 3.08. The van der Waals surface area contributed by atoms with E-state index in [1.54, 1.807) is 0 Å². The van der Waals surface area contributed by atoms with Crippen LogP contribution in [0.1, 0.15) is 0 Å². The van der Waals surface area contributed by atoms with Gasteiger partial charge in [0, 0.05) is 17.7 Å². The molecule has 0 N–H and O–H groups in total. The van der Waals surface area contributed by atoms with Crippen LogP contribution in [-0.4, -0.2) is 24.6 Å². The van der Waals surface area contributed by atoms with Gasteiger partial charge in [0.25, 0.3) is 0 Å². The zero-order valence-corrected chi connectivity index (χ0v) is 9.69. The lowest BCUT2D eigenvalue weighted by Gasteiger charge is -2.09. The fraction of sp³-hybridized carbons (Fsp3) is 0.222. The molecule has 0 aliphatic carbocycles. The van der Waals surface area contributed by atoms with Crippen molar-refractivity contribution in [3.63, 3.8) is 0 Å². The maximum Gasteiger partial charge on any atom is 0.409 e. The van der Waals surface area contributed by atoms with E-state index in [0.717, 1.165) is 12.1 Å². The Morgan fingerprint density at radius 1 is 1.24 bits per heavy atom. The third-order valence-electron chi connectivity index (χ3n) is 1.85. The Morgan fingerprint density at radius 3 is 2.18 bits per heavy atom. The van der Waals surface area contributed by atoms with E-state index < -0.39 is 16.0 Å². The molecule has 0 spiro atoms. The molecule has 17 heavy (non-hydrogen) atoms. The molecule has 0 saturated carbocycles. The minimum absolute atomic E-state index is 0.147. The van der Waals surface area contributed by atoms with Crippen LogP contribution in [0, 0.1) is 10.1 Å². The summed E-state index contributed by atoms with van der Waals surface area (Å²) in [5, 5.41) is 10.7. The monoisotopic (exact) mass is 261 g/mol. The van der Waals surface area contributed by atoms with Crippen LogP contribution >= 0.6 is 11.6 Å². The second-order valence-electron chi connectivity index (χ2n) is 2.77. The van der Waals surface area contributed by atoms with Gasteiger partial charge >= 0.3 is 11.1 Å². The Balaban J connectivity index is 3.34. The number of hydrogen-bond donors (Lipinski definition) is 0. The number of nitro benzene ring substituents is 1. The van der Waals surface area contributed by atoms with E-state index in [-0.39, 0.29) is 17.2 Å². The maximum absolute atomic E-state index is 10.7. The quantitative estimate of drug-likeness (QED) is 0.470. The molecular formula is C9H8ClNO6. The first-order valence-corrected chi connectivity index (χ1v) is 4.65. The van der Waals surface area contributed by atoms with Crippen LogP contribution in [-0.2, 0) is 0 Å². The Morgan fingerprint density at radius 2 is 1.76 bits per heavy atom. The highest BCUT2D eigenvalue weighted by atomic mass is 35.5. The number of ether oxygens (including phenoxy) is 3. The molecule has 0 radical (unpaired) electrons. The molecular weight excluding hydrogens is 254 g/mol. The van der Waals surface area contributed by atoms with E-state index >= 15 is 0 Å². The Labute approximate surface area is 101 Å². The van der Waals surface area contributed by atoms with Crippen molar-refractivity contribution in [2.24, 2.45) is 0 Å². The van der Waals surface area contributed by atoms with Crippen LogP contribution < -0.4 is 14.2 Å². The van der Waals surface area contributed by atoms with Gasteiger partial charge in [-0.15, -0.1) is 0 Å². The standard InChI is InChI=1S/C9H8ClNO6/c1-15-7-3-5(11(13)14)6(17-9(10)12)4-8(7)16-2/h3-4H,1-2H3. The Kier molecular flexibility index (Phi) is 4.11. The molecule has 1 rings (SSSR count). The summed E-state index contributed by atoms with van der Waals surface area (Å²) >= 11 is 5.00. The Hall–Kier alpha value is -2.02. The molecule has 0 heterocycles. The molecule has 0 unspecified atom stereocenters. The van der Waals surface area contributed by atoms with Crippen molar-refractivity contribution in [2.45, 2.75) is 0 Å². The van der Waals surface area contributed by atoms with Gasteiger partial charge in [0.2, 0.25) is 5.75 Å². The largest absolute Gasteiger partial charge is 0.493 e. The topological polar surface area (TPSA) is 87.9 Å². The number of hydrogen-bond acceptors (Lipinski definition) is 6. The first-order valence-electron chi connectivity index (χ1n) is 4.27. The molecule has 8 heteroatoms. The fourth-order valence-corrected chi connectivity index (χ4v) is 1.24. The smallest absolute Gasteiger partial charge is 0.409 e. The second kappa shape index (κ2) is 5.35. The van der Waals surface area contributed by atoms with Crippen LogP contribution in [0.4, 0.5) is 10.5 Å². The lowest BCUT2D eigenvalue weighted by molar-refractivity contribution is -0.385. The minimum atomic E-state index is -1.18. The average Bonchev–Trinajstić information content (AvgIpc) is 2.27. The molecule has 1 aromatic carbocycles. The zero-order chi connectivity index (χ0) is 13.0.